The number of hydrogen-bond donors (Lipinski definition) is 0. The Morgan fingerprint density at radius 1 is 1.10 bits per heavy atom. The smallest absolute Gasteiger partial charge is 0.332 e. The van der Waals surface area contributed by atoms with Crippen molar-refractivity contribution in [2.45, 2.75) is 24.5 Å². The second-order valence-electron chi connectivity index (χ2n) is 7.36. The van der Waals surface area contributed by atoms with Crippen molar-refractivity contribution in [3.05, 3.63) is 55.7 Å². The van der Waals surface area contributed by atoms with E-state index in [4.69, 9.17) is 11.6 Å². The Bertz CT molecular complexity index is 1220. The van der Waals surface area contributed by atoms with Crippen molar-refractivity contribution in [3.63, 3.8) is 0 Å². The minimum atomic E-state index is -0.437. The van der Waals surface area contributed by atoms with Gasteiger partial charge in [-0.1, -0.05) is 35.5 Å². The van der Waals surface area contributed by atoms with Gasteiger partial charge in [0.1, 0.15) is 0 Å². The van der Waals surface area contributed by atoms with Crippen molar-refractivity contribution in [2.75, 3.05) is 18.8 Å². The molecule has 0 aliphatic carbocycles. The Hall–Kier alpha value is -2.52. The zero-order valence-electron chi connectivity index (χ0n) is 16.8. The molecule has 1 saturated heterocycles. The fourth-order valence-corrected chi connectivity index (χ4v) is 4.66. The fraction of sp³-hybridized carbons (Fsp3) is 0.400. The molecule has 1 fully saturated rings. The highest BCUT2D eigenvalue weighted by atomic mass is 35.5. The average Bonchev–Trinajstić information content (AvgIpc) is 3.39. The first-order valence-electron chi connectivity index (χ1n) is 9.68. The topological polar surface area (TPSA) is 82.1 Å². The number of rotatable bonds is 5. The summed E-state index contributed by atoms with van der Waals surface area (Å²) < 4.78 is 4.22. The lowest BCUT2D eigenvalue weighted by Crippen LogP contribution is -2.37. The van der Waals surface area contributed by atoms with Gasteiger partial charge in [0.05, 0.1) is 12.3 Å². The molecule has 10 heteroatoms. The van der Waals surface area contributed by atoms with Gasteiger partial charge in [0.2, 0.25) is 5.91 Å². The molecule has 30 heavy (non-hydrogen) atoms. The Morgan fingerprint density at radius 2 is 1.77 bits per heavy atom. The molecular weight excluding hydrogens is 426 g/mol. The number of halogens is 1. The van der Waals surface area contributed by atoms with E-state index >= 15 is 0 Å². The predicted molar refractivity (Wildman–Crippen MR) is 117 cm³/mol. The lowest BCUT2D eigenvalue weighted by molar-refractivity contribution is -0.127. The molecule has 0 saturated carbocycles. The molecule has 3 heterocycles. The van der Waals surface area contributed by atoms with E-state index in [-0.39, 0.29) is 11.7 Å². The summed E-state index contributed by atoms with van der Waals surface area (Å²) in [6.07, 6.45) is 2.06. The first-order chi connectivity index (χ1) is 14.4. The summed E-state index contributed by atoms with van der Waals surface area (Å²) in [6, 6.07) is 7.33. The number of carbonyl (C=O) groups excluding carboxylic acids is 1. The summed E-state index contributed by atoms with van der Waals surface area (Å²) >= 11 is 7.28. The Labute approximate surface area is 182 Å². The van der Waals surface area contributed by atoms with E-state index in [2.05, 4.69) is 4.98 Å². The maximum Gasteiger partial charge on any atom is 0.332 e. The number of carbonyl (C=O) groups is 1. The third-order valence-corrected chi connectivity index (χ3v) is 6.56. The van der Waals surface area contributed by atoms with Crippen molar-refractivity contribution in [1.29, 1.82) is 0 Å². The predicted octanol–water partition coefficient (Wildman–Crippen LogP) is 1.85. The van der Waals surface area contributed by atoms with Crippen molar-refractivity contribution in [2.24, 2.45) is 14.1 Å². The fourth-order valence-electron chi connectivity index (χ4n) is 3.64. The molecular formula is C20H22ClN5O3S. The molecule has 2 aromatic heterocycles. The number of aromatic nitrogens is 4. The van der Waals surface area contributed by atoms with Gasteiger partial charge in [-0.05, 0) is 30.5 Å². The standard InChI is InChI=1S/C20H22ClN5O3S/c1-23-17-16(18(28)24(2)20(23)29)26(11-13-5-7-14(21)8-6-13)19(22-17)30-12-15(27)25-9-3-4-10-25/h5-8H,3-4,9-12H2,1-2H3. The van der Waals surface area contributed by atoms with Gasteiger partial charge in [-0.2, -0.15) is 0 Å². The van der Waals surface area contributed by atoms with Gasteiger partial charge in [-0.3, -0.25) is 18.7 Å². The quantitative estimate of drug-likeness (QED) is 0.557. The number of likely N-dealkylation sites (tertiary alicyclic amines) is 1. The van der Waals surface area contributed by atoms with Gasteiger partial charge in [0.15, 0.2) is 16.3 Å². The van der Waals surface area contributed by atoms with Crippen molar-refractivity contribution in [1.82, 2.24) is 23.6 Å². The molecule has 4 rings (SSSR count). The van der Waals surface area contributed by atoms with Crippen LogP contribution in [0.25, 0.3) is 11.2 Å². The summed E-state index contributed by atoms with van der Waals surface area (Å²) in [6.45, 7) is 1.95. The molecule has 158 valence electrons. The van der Waals surface area contributed by atoms with Crippen LogP contribution >= 0.6 is 23.4 Å². The lowest BCUT2D eigenvalue weighted by atomic mass is 10.2. The van der Waals surface area contributed by atoms with E-state index in [9.17, 15) is 14.4 Å². The van der Waals surface area contributed by atoms with Crippen LogP contribution in [0.15, 0.2) is 39.0 Å². The summed E-state index contributed by atoms with van der Waals surface area (Å²) in [5, 5.41) is 1.16. The Balaban J connectivity index is 1.77. The number of aryl methyl sites for hydroxylation is 1. The van der Waals surface area contributed by atoms with Crippen LogP contribution in [0.1, 0.15) is 18.4 Å². The van der Waals surface area contributed by atoms with Crippen LogP contribution in [0.4, 0.5) is 0 Å². The van der Waals surface area contributed by atoms with E-state index in [0.29, 0.717) is 27.9 Å². The molecule has 1 aromatic carbocycles. The molecule has 0 radical (unpaired) electrons. The number of imidazole rings is 1. The average molecular weight is 448 g/mol. The normalized spacial score (nSPS) is 14.0. The molecule has 0 N–H and O–H groups in total. The highest BCUT2D eigenvalue weighted by Gasteiger charge is 2.22. The molecule has 1 aliphatic heterocycles. The first kappa shape index (κ1) is 20.7. The molecule has 1 amide bonds. The molecule has 0 atom stereocenters. The summed E-state index contributed by atoms with van der Waals surface area (Å²) in [4.78, 5) is 44.2. The maximum absolute atomic E-state index is 12.9. The van der Waals surface area contributed by atoms with Crippen molar-refractivity contribution >= 4 is 40.4 Å². The minimum absolute atomic E-state index is 0.0596. The van der Waals surface area contributed by atoms with Gasteiger partial charge >= 0.3 is 5.69 Å². The highest BCUT2D eigenvalue weighted by Crippen LogP contribution is 2.24. The van der Waals surface area contributed by atoms with Crippen LogP contribution in [0.5, 0.6) is 0 Å². The van der Waals surface area contributed by atoms with E-state index in [1.54, 1.807) is 23.7 Å². The van der Waals surface area contributed by atoms with Crippen LogP contribution in [-0.4, -0.2) is 48.3 Å². The van der Waals surface area contributed by atoms with Crippen LogP contribution in [0, 0.1) is 0 Å². The monoisotopic (exact) mass is 447 g/mol. The van der Waals surface area contributed by atoms with Crippen molar-refractivity contribution < 1.29 is 4.79 Å². The zero-order valence-corrected chi connectivity index (χ0v) is 18.4. The number of hydrogen-bond acceptors (Lipinski definition) is 5. The van der Waals surface area contributed by atoms with Crippen molar-refractivity contribution in [3.8, 4) is 0 Å². The summed E-state index contributed by atoms with van der Waals surface area (Å²) in [7, 11) is 3.04. The number of thioether (sulfide) groups is 1. The third kappa shape index (κ3) is 3.79. The lowest BCUT2D eigenvalue weighted by Gasteiger charge is -2.15. The number of nitrogens with zero attached hydrogens (tertiary/aromatic N) is 5. The van der Waals surface area contributed by atoms with E-state index in [1.165, 1.54) is 23.4 Å². The zero-order chi connectivity index (χ0) is 21.4. The Kier molecular flexibility index (Phi) is 5.75. The molecule has 0 spiro atoms. The maximum atomic E-state index is 12.9. The van der Waals surface area contributed by atoms with Crippen LogP contribution in [0.2, 0.25) is 5.02 Å². The van der Waals surface area contributed by atoms with Crippen LogP contribution in [0.3, 0.4) is 0 Å². The number of benzene rings is 1. The second-order valence-corrected chi connectivity index (χ2v) is 8.74. The molecule has 0 unspecified atom stereocenters. The minimum Gasteiger partial charge on any atom is -0.342 e. The van der Waals surface area contributed by atoms with Gasteiger partial charge in [0.25, 0.3) is 5.56 Å². The molecule has 3 aromatic rings. The summed E-state index contributed by atoms with van der Waals surface area (Å²) in [5.74, 6) is 0.294. The van der Waals surface area contributed by atoms with Gasteiger partial charge in [0, 0.05) is 32.2 Å². The third-order valence-electron chi connectivity index (χ3n) is 5.35. The SMILES string of the molecule is Cn1c(=O)c2c(nc(SCC(=O)N3CCCC3)n2Cc2ccc(Cl)cc2)n(C)c1=O. The molecule has 0 bridgehead atoms. The first-order valence-corrected chi connectivity index (χ1v) is 11.0. The Morgan fingerprint density at radius 3 is 2.43 bits per heavy atom. The molecule has 1 aliphatic rings. The summed E-state index contributed by atoms with van der Waals surface area (Å²) in [5.41, 5.74) is 0.738. The molecule has 8 nitrogen and oxygen atoms in total. The van der Waals surface area contributed by atoms with Gasteiger partial charge in [-0.15, -0.1) is 0 Å². The van der Waals surface area contributed by atoms with Crippen LogP contribution < -0.4 is 11.2 Å². The van der Waals surface area contributed by atoms with E-state index < -0.39 is 11.2 Å². The number of fused-ring (bicyclic) bond motifs is 1. The highest BCUT2D eigenvalue weighted by molar-refractivity contribution is 7.99. The van der Waals surface area contributed by atoms with Crippen LogP contribution in [-0.2, 0) is 25.4 Å². The van der Waals surface area contributed by atoms with Gasteiger partial charge in [-0.25, -0.2) is 9.78 Å². The number of amides is 1. The van der Waals surface area contributed by atoms with E-state index in [0.717, 1.165) is 36.1 Å². The van der Waals surface area contributed by atoms with Gasteiger partial charge < -0.3 is 9.47 Å². The largest absolute Gasteiger partial charge is 0.342 e. The second kappa shape index (κ2) is 8.31. The van der Waals surface area contributed by atoms with E-state index in [1.807, 2.05) is 17.0 Å².